The number of hydrogen-bond acceptors (Lipinski definition) is 15. The van der Waals surface area contributed by atoms with Crippen molar-refractivity contribution in [2.24, 2.45) is 0 Å². The van der Waals surface area contributed by atoms with Gasteiger partial charge in [0.1, 0.15) is 19.3 Å². The van der Waals surface area contributed by atoms with Crippen molar-refractivity contribution in [3.05, 3.63) is 24.3 Å². The molecular formula is C77H146O17P2. The molecular weight excluding hydrogens is 1260 g/mol. The van der Waals surface area contributed by atoms with Gasteiger partial charge in [-0.1, -0.05) is 335 Å². The first kappa shape index (κ1) is 93.5. The van der Waals surface area contributed by atoms with E-state index >= 15 is 0 Å². The second kappa shape index (κ2) is 71.0. The topological polar surface area (TPSA) is 237 Å². The molecule has 0 aromatic carbocycles. The average Bonchev–Trinajstić information content (AvgIpc) is 1.19. The molecule has 0 aliphatic carbocycles. The van der Waals surface area contributed by atoms with Crippen LogP contribution in [0.1, 0.15) is 387 Å². The fourth-order valence-corrected chi connectivity index (χ4v) is 13.0. The van der Waals surface area contributed by atoms with Crippen molar-refractivity contribution in [3.63, 3.8) is 0 Å². The third kappa shape index (κ3) is 70.0. The Morgan fingerprint density at radius 3 is 0.760 bits per heavy atom. The zero-order chi connectivity index (χ0) is 70.4. The highest BCUT2D eigenvalue weighted by atomic mass is 31.2. The lowest BCUT2D eigenvalue weighted by Gasteiger charge is -2.21. The predicted octanol–water partition coefficient (Wildman–Crippen LogP) is 22.6. The van der Waals surface area contributed by atoms with Crippen LogP contribution in [0.5, 0.6) is 0 Å². The number of aliphatic hydroxyl groups excluding tert-OH is 1. The first-order chi connectivity index (χ1) is 46.7. The van der Waals surface area contributed by atoms with Gasteiger partial charge in [0.2, 0.25) is 0 Å². The summed E-state index contributed by atoms with van der Waals surface area (Å²) < 4.78 is 68.5. The largest absolute Gasteiger partial charge is 0.472 e. The highest BCUT2D eigenvalue weighted by molar-refractivity contribution is 7.47. The maximum absolute atomic E-state index is 13.1. The number of carbonyl (C=O) groups is 4. The number of esters is 4. The Labute approximate surface area is 586 Å². The lowest BCUT2D eigenvalue weighted by Crippen LogP contribution is -2.30. The summed E-state index contributed by atoms with van der Waals surface area (Å²) in [5.41, 5.74) is 0. The molecule has 0 rings (SSSR count). The summed E-state index contributed by atoms with van der Waals surface area (Å²) in [4.78, 5) is 72.8. The number of ether oxygens (including phenoxy) is 4. The van der Waals surface area contributed by atoms with Crippen LogP contribution in [-0.4, -0.2) is 96.7 Å². The van der Waals surface area contributed by atoms with E-state index in [4.69, 9.17) is 37.0 Å². The molecule has 0 heterocycles. The van der Waals surface area contributed by atoms with Crippen LogP contribution in [0.3, 0.4) is 0 Å². The zero-order valence-electron chi connectivity index (χ0n) is 61.8. The molecule has 0 aliphatic rings. The van der Waals surface area contributed by atoms with Gasteiger partial charge in [0.05, 0.1) is 26.4 Å². The van der Waals surface area contributed by atoms with Gasteiger partial charge in [-0.3, -0.25) is 37.3 Å². The molecule has 2 unspecified atom stereocenters. The van der Waals surface area contributed by atoms with Gasteiger partial charge in [0.15, 0.2) is 12.2 Å². The van der Waals surface area contributed by atoms with Gasteiger partial charge in [-0.2, -0.15) is 0 Å². The molecule has 0 aliphatic heterocycles. The average molecular weight is 1410 g/mol. The zero-order valence-corrected chi connectivity index (χ0v) is 63.6. The van der Waals surface area contributed by atoms with E-state index in [1.54, 1.807) is 0 Å². The number of phosphoric ester groups is 2. The third-order valence-corrected chi connectivity index (χ3v) is 19.4. The van der Waals surface area contributed by atoms with E-state index in [2.05, 4.69) is 52.0 Å². The van der Waals surface area contributed by atoms with Crippen LogP contribution in [0.2, 0.25) is 0 Å². The van der Waals surface area contributed by atoms with Gasteiger partial charge in [-0.15, -0.1) is 0 Å². The molecule has 0 spiro atoms. The van der Waals surface area contributed by atoms with E-state index in [1.165, 1.54) is 199 Å². The molecule has 0 radical (unpaired) electrons. The molecule has 0 fully saturated rings. The van der Waals surface area contributed by atoms with Crippen molar-refractivity contribution in [1.29, 1.82) is 0 Å². The van der Waals surface area contributed by atoms with Gasteiger partial charge in [-0.05, 0) is 51.4 Å². The van der Waals surface area contributed by atoms with Gasteiger partial charge < -0.3 is 33.8 Å². The molecule has 96 heavy (non-hydrogen) atoms. The maximum Gasteiger partial charge on any atom is 0.472 e. The van der Waals surface area contributed by atoms with E-state index in [0.717, 1.165) is 109 Å². The van der Waals surface area contributed by atoms with Crippen molar-refractivity contribution in [2.45, 2.75) is 406 Å². The number of rotatable bonds is 76. The summed E-state index contributed by atoms with van der Waals surface area (Å²) in [5, 5.41) is 10.6. The number of carbonyl (C=O) groups excluding carboxylic acids is 4. The van der Waals surface area contributed by atoms with Crippen molar-refractivity contribution in [3.8, 4) is 0 Å². The fraction of sp³-hybridized carbons (Fsp3) is 0.896. The molecule has 0 bridgehead atoms. The van der Waals surface area contributed by atoms with Crippen LogP contribution in [0.25, 0.3) is 0 Å². The SMILES string of the molecule is CCCCCC/C=C\C=C/CCCCCCCC(=O)OC[C@H](COP(=O)(O)OC[C@@H](O)COP(=O)(O)OC[C@@H](COC(=O)CCCCCCCCCCCC)OC(=O)CCCCCCCCCCCCCC)OC(=O)CCCCCCCCCCCCCCCCCCCCC. The quantitative estimate of drug-likeness (QED) is 0.0169. The van der Waals surface area contributed by atoms with Crippen LogP contribution in [0.15, 0.2) is 24.3 Å². The molecule has 0 aromatic heterocycles. The monoisotopic (exact) mass is 1410 g/mol. The van der Waals surface area contributed by atoms with Gasteiger partial charge in [0, 0.05) is 25.7 Å². The predicted molar refractivity (Wildman–Crippen MR) is 391 cm³/mol. The van der Waals surface area contributed by atoms with Gasteiger partial charge in [0.25, 0.3) is 0 Å². The van der Waals surface area contributed by atoms with E-state index in [1.807, 2.05) is 0 Å². The summed E-state index contributed by atoms with van der Waals surface area (Å²) in [7, 11) is -9.92. The van der Waals surface area contributed by atoms with Crippen molar-refractivity contribution < 1.29 is 80.2 Å². The lowest BCUT2D eigenvalue weighted by atomic mass is 10.0. The molecule has 17 nitrogen and oxygen atoms in total. The minimum atomic E-state index is -4.96. The Bertz CT molecular complexity index is 1920. The minimum absolute atomic E-state index is 0.102. The van der Waals surface area contributed by atoms with Crippen LogP contribution in [0.4, 0.5) is 0 Å². The maximum atomic E-state index is 13.1. The fourth-order valence-electron chi connectivity index (χ4n) is 11.4. The van der Waals surface area contributed by atoms with Gasteiger partial charge >= 0.3 is 39.5 Å². The number of unbranched alkanes of at least 4 members (excludes halogenated alkanes) is 47. The second-order valence-corrected chi connectivity index (χ2v) is 30.0. The van der Waals surface area contributed by atoms with Crippen LogP contribution >= 0.6 is 15.6 Å². The smallest absolute Gasteiger partial charge is 0.462 e. The Morgan fingerprint density at radius 2 is 0.500 bits per heavy atom. The summed E-state index contributed by atoms with van der Waals surface area (Å²) >= 11 is 0. The lowest BCUT2D eigenvalue weighted by molar-refractivity contribution is -0.161. The number of allylic oxidation sites excluding steroid dienone is 4. The van der Waals surface area contributed by atoms with E-state index in [-0.39, 0.29) is 25.7 Å². The number of aliphatic hydroxyl groups is 1. The first-order valence-corrected chi connectivity index (χ1v) is 42.6. The molecule has 19 heteroatoms. The normalized spacial score (nSPS) is 14.0. The Kier molecular flexibility index (Phi) is 69.1. The molecule has 5 atom stereocenters. The van der Waals surface area contributed by atoms with Crippen LogP contribution in [-0.2, 0) is 65.4 Å². The molecule has 0 saturated carbocycles. The first-order valence-electron chi connectivity index (χ1n) is 39.6. The van der Waals surface area contributed by atoms with Crippen molar-refractivity contribution in [2.75, 3.05) is 39.6 Å². The molecule has 566 valence electrons. The van der Waals surface area contributed by atoms with Crippen LogP contribution in [0, 0.1) is 0 Å². The second-order valence-electron chi connectivity index (χ2n) is 27.1. The van der Waals surface area contributed by atoms with Gasteiger partial charge in [-0.25, -0.2) is 9.13 Å². The highest BCUT2D eigenvalue weighted by Gasteiger charge is 2.30. The van der Waals surface area contributed by atoms with E-state index < -0.39 is 97.5 Å². The van der Waals surface area contributed by atoms with Crippen molar-refractivity contribution >= 4 is 39.5 Å². The standard InChI is InChI=1S/C77H146O17P2/c1-5-9-13-17-21-25-29-32-34-35-36-37-39-41-44-48-52-56-60-64-77(82)94-73(68-88-75(80)62-58-54-50-46-43-40-38-33-30-26-22-18-14-10-6-2)70-92-96(85,86)90-66-71(78)65-89-95(83,84)91-69-72(67-87-74(79)61-57-53-49-45-28-24-20-16-12-8-4)93-76(81)63-59-55-51-47-42-31-27-23-19-15-11-7-3/h26,30,33,38,71-73,78H,5-25,27-29,31-32,34-37,39-70H2,1-4H3,(H,83,84)(H,85,86)/b30-26-,38-33-/t71-,72+,73+/m0/s1. The van der Waals surface area contributed by atoms with E-state index in [9.17, 15) is 43.2 Å². The summed E-state index contributed by atoms with van der Waals surface area (Å²) in [6, 6.07) is 0. The van der Waals surface area contributed by atoms with E-state index in [0.29, 0.717) is 25.7 Å². The molecule has 0 amide bonds. The Morgan fingerprint density at radius 1 is 0.292 bits per heavy atom. The Balaban J connectivity index is 5.26. The minimum Gasteiger partial charge on any atom is -0.462 e. The molecule has 3 N–H and O–H groups in total. The molecule has 0 saturated heterocycles. The highest BCUT2D eigenvalue weighted by Crippen LogP contribution is 2.45. The summed E-state index contributed by atoms with van der Waals surface area (Å²) in [6.45, 7) is 4.92. The van der Waals surface area contributed by atoms with Crippen LogP contribution < -0.4 is 0 Å². The Hall–Kier alpha value is -2.46. The summed E-state index contributed by atoms with van der Waals surface area (Å²) in [6.07, 6.45) is 64.5. The number of hydrogen-bond donors (Lipinski definition) is 3. The molecule has 0 aromatic rings. The summed E-state index contributed by atoms with van der Waals surface area (Å²) in [5.74, 6) is -2.14. The van der Waals surface area contributed by atoms with Crippen molar-refractivity contribution in [1.82, 2.24) is 0 Å². The number of phosphoric acid groups is 2. The third-order valence-electron chi connectivity index (χ3n) is 17.5.